The van der Waals surface area contributed by atoms with Gasteiger partial charge in [0.15, 0.2) is 0 Å². The van der Waals surface area contributed by atoms with Crippen molar-refractivity contribution in [2.45, 2.75) is 19.4 Å². The maximum atomic E-state index is 10.2. The lowest BCUT2D eigenvalue weighted by atomic mass is 10.2. The monoisotopic (exact) mass is 160 g/mol. The molecule has 0 saturated heterocycles. The SMILES string of the molecule is CC(CC(N)=S)N(C)C=O. The van der Waals surface area contributed by atoms with Crippen LogP contribution in [-0.4, -0.2) is 29.4 Å². The summed E-state index contributed by atoms with van der Waals surface area (Å²) in [7, 11) is 1.70. The van der Waals surface area contributed by atoms with E-state index in [4.69, 9.17) is 5.73 Å². The van der Waals surface area contributed by atoms with Gasteiger partial charge in [-0.3, -0.25) is 4.79 Å². The number of nitrogens with zero attached hydrogens (tertiary/aromatic N) is 1. The molecular formula is C6H12N2OS. The van der Waals surface area contributed by atoms with E-state index in [0.29, 0.717) is 11.4 Å². The second-order valence-corrected chi connectivity index (χ2v) is 2.81. The van der Waals surface area contributed by atoms with E-state index in [2.05, 4.69) is 12.2 Å². The van der Waals surface area contributed by atoms with Gasteiger partial charge in [0, 0.05) is 19.5 Å². The number of carbonyl (C=O) groups is 1. The van der Waals surface area contributed by atoms with Crippen LogP contribution in [0.4, 0.5) is 0 Å². The van der Waals surface area contributed by atoms with Crippen molar-refractivity contribution >= 4 is 23.6 Å². The number of carbonyl (C=O) groups excluding carboxylic acids is 1. The van der Waals surface area contributed by atoms with Crippen LogP contribution in [0.1, 0.15) is 13.3 Å². The highest BCUT2D eigenvalue weighted by molar-refractivity contribution is 7.80. The molecule has 10 heavy (non-hydrogen) atoms. The molecule has 0 aliphatic heterocycles. The van der Waals surface area contributed by atoms with Crippen molar-refractivity contribution in [2.24, 2.45) is 5.73 Å². The van der Waals surface area contributed by atoms with Gasteiger partial charge < -0.3 is 10.6 Å². The third kappa shape index (κ3) is 3.40. The van der Waals surface area contributed by atoms with Crippen molar-refractivity contribution in [1.29, 1.82) is 0 Å². The molecule has 0 aliphatic carbocycles. The van der Waals surface area contributed by atoms with Crippen LogP contribution in [0, 0.1) is 0 Å². The zero-order valence-corrected chi connectivity index (χ0v) is 7.02. The second-order valence-electron chi connectivity index (χ2n) is 2.29. The number of nitrogens with two attached hydrogens (primary N) is 1. The van der Waals surface area contributed by atoms with E-state index in [1.54, 1.807) is 11.9 Å². The predicted octanol–water partition coefficient (Wildman–Crippen LogP) is 0.139. The molecule has 1 unspecified atom stereocenters. The van der Waals surface area contributed by atoms with Crippen LogP contribution in [0.25, 0.3) is 0 Å². The molecule has 1 atom stereocenters. The second kappa shape index (κ2) is 4.22. The molecule has 0 aromatic carbocycles. The lowest BCUT2D eigenvalue weighted by Gasteiger charge is -2.18. The van der Waals surface area contributed by atoms with Gasteiger partial charge in [0.1, 0.15) is 0 Å². The zero-order chi connectivity index (χ0) is 8.15. The van der Waals surface area contributed by atoms with Crippen LogP contribution in [0.3, 0.4) is 0 Å². The van der Waals surface area contributed by atoms with E-state index >= 15 is 0 Å². The number of hydrogen-bond acceptors (Lipinski definition) is 2. The van der Waals surface area contributed by atoms with Crippen molar-refractivity contribution in [2.75, 3.05) is 7.05 Å². The largest absolute Gasteiger partial charge is 0.393 e. The van der Waals surface area contributed by atoms with E-state index in [0.717, 1.165) is 6.41 Å². The zero-order valence-electron chi connectivity index (χ0n) is 6.20. The van der Waals surface area contributed by atoms with Crippen molar-refractivity contribution in [1.82, 2.24) is 4.90 Å². The first-order chi connectivity index (χ1) is 4.57. The van der Waals surface area contributed by atoms with Gasteiger partial charge in [-0.2, -0.15) is 0 Å². The molecule has 0 aromatic rings. The van der Waals surface area contributed by atoms with Crippen LogP contribution in [0.15, 0.2) is 0 Å². The van der Waals surface area contributed by atoms with Gasteiger partial charge in [0.05, 0.1) is 4.99 Å². The van der Waals surface area contributed by atoms with Gasteiger partial charge in [0.2, 0.25) is 6.41 Å². The Morgan fingerprint density at radius 2 is 2.40 bits per heavy atom. The molecule has 0 saturated carbocycles. The molecule has 2 N–H and O–H groups in total. The predicted molar refractivity (Wildman–Crippen MR) is 44.7 cm³/mol. The third-order valence-electron chi connectivity index (χ3n) is 1.36. The standard InChI is InChI=1S/C6H12N2OS/c1-5(3-6(7)10)8(2)4-9/h4-5H,3H2,1-2H3,(H2,7,10). The summed E-state index contributed by atoms with van der Waals surface area (Å²) in [5.41, 5.74) is 5.27. The van der Waals surface area contributed by atoms with Gasteiger partial charge >= 0.3 is 0 Å². The number of hydrogen-bond donors (Lipinski definition) is 1. The van der Waals surface area contributed by atoms with Crippen molar-refractivity contribution in [3.8, 4) is 0 Å². The molecule has 0 bridgehead atoms. The van der Waals surface area contributed by atoms with Gasteiger partial charge in [-0.15, -0.1) is 0 Å². The van der Waals surface area contributed by atoms with Crippen molar-refractivity contribution in [3.05, 3.63) is 0 Å². The van der Waals surface area contributed by atoms with Gasteiger partial charge in [0.25, 0.3) is 0 Å². The molecule has 0 spiro atoms. The maximum Gasteiger partial charge on any atom is 0.209 e. The maximum absolute atomic E-state index is 10.2. The molecule has 58 valence electrons. The first-order valence-electron chi connectivity index (χ1n) is 3.03. The number of rotatable bonds is 4. The summed E-state index contributed by atoms with van der Waals surface area (Å²) < 4.78 is 0. The van der Waals surface area contributed by atoms with Crippen molar-refractivity contribution < 1.29 is 4.79 Å². The van der Waals surface area contributed by atoms with Gasteiger partial charge in [-0.05, 0) is 6.92 Å². The minimum Gasteiger partial charge on any atom is -0.393 e. The summed E-state index contributed by atoms with van der Waals surface area (Å²) >= 11 is 4.67. The van der Waals surface area contributed by atoms with Crippen LogP contribution in [-0.2, 0) is 4.79 Å². The Bertz CT molecular complexity index is 138. The summed E-state index contributed by atoms with van der Waals surface area (Å²) in [4.78, 5) is 12.2. The van der Waals surface area contributed by atoms with E-state index < -0.39 is 0 Å². The normalized spacial score (nSPS) is 12.2. The quantitative estimate of drug-likeness (QED) is 0.470. The van der Waals surface area contributed by atoms with Crippen LogP contribution < -0.4 is 5.73 Å². The minimum absolute atomic E-state index is 0.106. The molecule has 0 heterocycles. The molecule has 0 radical (unpaired) electrons. The Balaban J connectivity index is 3.71. The summed E-state index contributed by atoms with van der Waals surface area (Å²) in [6.45, 7) is 1.90. The van der Waals surface area contributed by atoms with Gasteiger partial charge in [-0.25, -0.2) is 0 Å². The Labute approximate surface area is 66.2 Å². The lowest BCUT2D eigenvalue weighted by Crippen LogP contribution is -2.31. The van der Waals surface area contributed by atoms with E-state index in [1.165, 1.54) is 0 Å². The Hall–Kier alpha value is -0.640. The molecule has 1 amide bonds. The molecule has 4 heteroatoms. The fourth-order valence-electron chi connectivity index (χ4n) is 0.539. The fraction of sp³-hybridized carbons (Fsp3) is 0.667. The summed E-state index contributed by atoms with van der Waals surface area (Å²) in [5.74, 6) is 0. The highest BCUT2D eigenvalue weighted by Crippen LogP contribution is 1.97. The Morgan fingerprint density at radius 1 is 1.90 bits per heavy atom. The highest BCUT2D eigenvalue weighted by atomic mass is 32.1. The topological polar surface area (TPSA) is 46.3 Å². The van der Waals surface area contributed by atoms with Crippen LogP contribution in [0.2, 0.25) is 0 Å². The van der Waals surface area contributed by atoms with E-state index in [9.17, 15) is 4.79 Å². The third-order valence-corrected chi connectivity index (χ3v) is 1.52. The lowest BCUT2D eigenvalue weighted by molar-refractivity contribution is -0.118. The minimum atomic E-state index is 0.106. The molecular weight excluding hydrogens is 148 g/mol. The van der Waals surface area contributed by atoms with Crippen LogP contribution >= 0.6 is 12.2 Å². The Kier molecular flexibility index (Phi) is 3.95. The smallest absolute Gasteiger partial charge is 0.209 e. The molecule has 0 rings (SSSR count). The number of amides is 1. The fourth-order valence-corrected chi connectivity index (χ4v) is 0.780. The van der Waals surface area contributed by atoms with Gasteiger partial charge in [-0.1, -0.05) is 12.2 Å². The van der Waals surface area contributed by atoms with E-state index in [-0.39, 0.29) is 6.04 Å². The van der Waals surface area contributed by atoms with Crippen LogP contribution in [0.5, 0.6) is 0 Å². The van der Waals surface area contributed by atoms with E-state index in [1.807, 2.05) is 6.92 Å². The Morgan fingerprint density at radius 3 is 2.70 bits per heavy atom. The first-order valence-corrected chi connectivity index (χ1v) is 3.44. The number of thiocarbonyl (C=S) groups is 1. The summed E-state index contributed by atoms with van der Waals surface area (Å²) in [5, 5.41) is 0. The molecule has 0 aliphatic rings. The summed E-state index contributed by atoms with van der Waals surface area (Å²) in [6, 6.07) is 0.106. The highest BCUT2D eigenvalue weighted by Gasteiger charge is 2.06. The molecule has 0 fully saturated rings. The first kappa shape index (κ1) is 9.36. The molecule has 3 nitrogen and oxygen atoms in total. The summed E-state index contributed by atoms with van der Waals surface area (Å²) in [6.07, 6.45) is 1.35. The van der Waals surface area contributed by atoms with Crippen molar-refractivity contribution in [3.63, 3.8) is 0 Å². The average molecular weight is 160 g/mol. The average Bonchev–Trinajstić information content (AvgIpc) is 1.85. The molecule has 0 aromatic heterocycles.